The predicted molar refractivity (Wildman–Crippen MR) is 66.9 cm³/mol. The molecule has 0 aliphatic heterocycles. The van der Waals surface area contributed by atoms with Gasteiger partial charge in [-0.3, -0.25) is 4.68 Å². The Bertz CT molecular complexity index is 334. The molecule has 4 nitrogen and oxygen atoms in total. The molecule has 0 saturated carbocycles. The summed E-state index contributed by atoms with van der Waals surface area (Å²) in [6.45, 7) is 5.29. The molecule has 0 saturated heterocycles. The quantitative estimate of drug-likeness (QED) is 0.516. The van der Waals surface area contributed by atoms with Gasteiger partial charge in [0.15, 0.2) is 0 Å². The highest BCUT2D eigenvalue weighted by molar-refractivity contribution is 5.88. The molecule has 0 amide bonds. The van der Waals surface area contributed by atoms with E-state index >= 15 is 0 Å². The van der Waals surface area contributed by atoms with Gasteiger partial charge >= 0.3 is 5.97 Å². The molecule has 0 aromatic carbocycles. The fourth-order valence-electron chi connectivity index (χ4n) is 1.68. The van der Waals surface area contributed by atoms with Gasteiger partial charge in [0.2, 0.25) is 0 Å². The Morgan fingerprint density at radius 1 is 1.29 bits per heavy atom. The van der Waals surface area contributed by atoms with Crippen LogP contribution >= 0.6 is 0 Å². The second kappa shape index (κ2) is 7.87. The molecule has 0 bridgehead atoms. The Morgan fingerprint density at radius 3 is 2.76 bits per heavy atom. The predicted octanol–water partition coefficient (Wildman–Crippen LogP) is 3.03. The topological polar surface area (TPSA) is 44.1 Å². The van der Waals surface area contributed by atoms with Crippen molar-refractivity contribution in [1.82, 2.24) is 9.78 Å². The van der Waals surface area contributed by atoms with Crippen LogP contribution in [0.15, 0.2) is 12.4 Å². The third-order valence-electron chi connectivity index (χ3n) is 2.64. The van der Waals surface area contributed by atoms with Crippen LogP contribution in [0.25, 0.3) is 0 Å². The molecule has 1 heterocycles. The van der Waals surface area contributed by atoms with Crippen molar-refractivity contribution in [3.05, 3.63) is 18.0 Å². The van der Waals surface area contributed by atoms with Gasteiger partial charge in [-0.2, -0.15) is 5.10 Å². The molecule has 96 valence electrons. The van der Waals surface area contributed by atoms with E-state index in [0.717, 1.165) is 13.0 Å². The number of rotatable bonds is 8. The van der Waals surface area contributed by atoms with E-state index in [4.69, 9.17) is 4.74 Å². The lowest BCUT2D eigenvalue weighted by Crippen LogP contribution is -2.03. The second-order valence-corrected chi connectivity index (χ2v) is 4.13. The van der Waals surface area contributed by atoms with Crippen molar-refractivity contribution < 1.29 is 9.53 Å². The summed E-state index contributed by atoms with van der Waals surface area (Å²) < 4.78 is 6.72. The highest BCUT2D eigenvalue weighted by atomic mass is 16.5. The fraction of sp³-hybridized carbons (Fsp3) is 0.692. The second-order valence-electron chi connectivity index (χ2n) is 4.13. The Morgan fingerprint density at radius 2 is 2.06 bits per heavy atom. The molecule has 0 aliphatic rings. The fourth-order valence-corrected chi connectivity index (χ4v) is 1.68. The van der Waals surface area contributed by atoms with Gasteiger partial charge in [0.05, 0.1) is 18.4 Å². The molecule has 0 spiro atoms. The Kier molecular flexibility index (Phi) is 6.37. The van der Waals surface area contributed by atoms with Crippen molar-refractivity contribution in [2.24, 2.45) is 0 Å². The number of aryl methyl sites for hydroxylation is 1. The first-order valence-corrected chi connectivity index (χ1v) is 6.47. The van der Waals surface area contributed by atoms with Crippen LogP contribution in [0.1, 0.15) is 56.3 Å². The largest absolute Gasteiger partial charge is 0.462 e. The number of nitrogens with zero attached hydrogens (tertiary/aromatic N) is 2. The van der Waals surface area contributed by atoms with Crippen LogP contribution in [0.3, 0.4) is 0 Å². The molecule has 0 aliphatic carbocycles. The third kappa shape index (κ3) is 5.02. The summed E-state index contributed by atoms with van der Waals surface area (Å²) >= 11 is 0. The van der Waals surface area contributed by atoms with E-state index in [0.29, 0.717) is 12.2 Å². The number of hydrogen-bond donors (Lipinski definition) is 0. The van der Waals surface area contributed by atoms with Gasteiger partial charge in [-0.25, -0.2) is 4.79 Å². The molecule has 1 aromatic rings. The molecule has 1 rings (SSSR count). The number of esters is 1. The first-order chi connectivity index (χ1) is 8.27. The smallest absolute Gasteiger partial charge is 0.341 e. The van der Waals surface area contributed by atoms with Gasteiger partial charge in [-0.15, -0.1) is 0 Å². The normalized spacial score (nSPS) is 10.5. The van der Waals surface area contributed by atoms with Gasteiger partial charge in [0.1, 0.15) is 0 Å². The van der Waals surface area contributed by atoms with Gasteiger partial charge in [0, 0.05) is 12.7 Å². The molecule has 0 fully saturated rings. The molecule has 0 N–H and O–H groups in total. The number of carbonyl (C=O) groups excluding carboxylic acids is 1. The number of ether oxygens (including phenoxy) is 1. The molecule has 4 heteroatoms. The molecule has 0 radical (unpaired) electrons. The first kappa shape index (κ1) is 13.7. The van der Waals surface area contributed by atoms with Gasteiger partial charge in [-0.05, 0) is 13.3 Å². The van der Waals surface area contributed by atoms with Crippen LogP contribution in [0, 0.1) is 0 Å². The summed E-state index contributed by atoms with van der Waals surface area (Å²) in [4.78, 5) is 11.4. The number of hydrogen-bond acceptors (Lipinski definition) is 3. The summed E-state index contributed by atoms with van der Waals surface area (Å²) in [6.07, 6.45) is 9.51. The maximum atomic E-state index is 11.4. The zero-order chi connectivity index (χ0) is 12.5. The number of aromatic nitrogens is 2. The average Bonchev–Trinajstić information content (AvgIpc) is 2.78. The van der Waals surface area contributed by atoms with Crippen molar-refractivity contribution in [2.75, 3.05) is 6.61 Å². The lowest BCUT2D eigenvalue weighted by atomic mass is 10.1. The van der Waals surface area contributed by atoms with Crippen molar-refractivity contribution in [3.63, 3.8) is 0 Å². The lowest BCUT2D eigenvalue weighted by molar-refractivity contribution is 0.0526. The zero-order valence-corrected chi connectivity index (χ0v) is 10.8. The highest BCUT2D eigenvalue weighted by Crippen LogP contribution is 2.05. The van der Waals surface area contributed by atoms with Crippen LogP contribution < -0.4 is 0 Å². The standard InChI is InChI=1S/C13H22N2O2/c1-3-5-6-7-8-9-15-11-12(10-14-15)13(16)17-4-2/h10-11H,3-9H2,1-2H3. The minimum Gasteiger partial charge on any atom is -0.462 e. The van der Waals surface area contributed by atoms with Gasteiger partial charge in [0.25, 0.3) is 0 Å². The van der Waals surface area contributed by atoms with E-state index < -0.39 is 0 Å². The SMILES string of the molecule is CCCCCCCn1cc(C(=O)OCC)cn1. The summed E-state index contributed by atoms with van der Waals surface area (Å²) in [7, 11) is 0. The van der Waals surface area contributed by atoms with Crippen molar-refractivity contribution in [3.8, 4) is 0 Å². The van der Waals surface area contributed by atoms with Crippen molar-refractivity contribution in [1.29, 1.82) is 0 Å². The summed E-state index contributed by atoms with van der Waals surface area (Å²) in [5.74, 6) is -0.287. The lowest BCUT2D eigenvalue weighted by Gasteiger charge is -2.01. The van der Waals surface area contributed by atoms with E-state index in [2.05, 4.69) is 12.0 Å². The van der Waals surface area contributed by atoms with E-state index in [1.807, 2.05) is 4.68 Å². The van der Waals surface area contributed by atoms with E-state index in [1.54, 1.807) is 19.3 Å². The van der Waals surface area contributed by atoms with E-state index in [1.165, 1.54) is 25.7 Å². The number of unbranched alkanes of at least 4 members (excludes halogenated alkanes) is 4. The first-order valence-electron chi connectivity index (χ1n) is 6.47. The highest BCUT2D eigenvalue weighted by Gasteiger charge is 2.08. The Hall–Kier alpha value is -1.32. The van der Waals surface area contributed by atoms with Crippen LogP contribution in [0.2, 0.25) is 0 Å². The summed E-state index contributed by atoms with van der Waals surface area (Å²) in [6, 6.07) is 0. The van der Waals surface area contributed by atoms with Gasteiger partial charge < -0.3 is 4.74 Å². The maximum absolute atomic E-state index is 11.4. The van der Waals surface area contributed by atoms with E-state index in [-0.39, 0.29) is 5.97 Å². The molecular formula is C13H22N2O2. The van der Waals surface area contributed by atoms with Crippen LogP contribution in [-0.4, -0.2) is 22.4 Å². The van der Waals surface area contributed by atoms with E-state index in [9.17, 15) is 4.79 Å². The summed E-state index contributed by atoms with van der Waals surface area (Å²) in [5.41, 5.74) is 0.542. The molecule has 1 aromatic heterocycles. The maximum Gasteiger partial charge on any atom is 0.341 e. The molecule has 0 atom stereocenters. The molecular weight excluding hydrogens is 216 g/mol. The monoisotopic (exact) mass is 238 g/mol. The number of carbonyl (C=O) groups is 1. The van der Waals surface area contributed by atoms with Crippen molar-refractivity contribution >= 4 is 5.97 Å². The Balaban J connectivity index is 2.28. The zero-order valence-electron chi connectivity index (χ0n) is 10.8. The Labute approximate surface area is 103 Å². The molecule has 0 unspecified atom stereocenters. The molecule has 17 heavy (non-hydrogen) atoms. The minimum atomic E-state index is -0.287. The van der Waals surface area contributed by atoms with Crippen LogP contribution in [-0.2, 0) is 11.3 Å². The average molecular weight is 238 g/mol. The minimum absolute atomic E-state index is 0.287. The third-order valence-corrected chi connectivity index (χ3v) is 2.64. The van der Waals surface area contributed by atoms with Gasteiger partial charge in [-0.1, -0.05) is 32.6 Å². The van der Waals surface area contributed by atoms with Crippen molar-refractivity contribution in [2.45, 2.75) is 52.5 Å². The summed E-state index contributed by atoms with van der Waals surface area (Å²) in [5, 5.41) is 4.15. The van der Waals surface area contributed by atoms with Crippen LogP contribution in [0.4, 0.5) is 0 Å². The van der Waals surface area contributed by atoms with Crippen LogP contribution in [0.5, 0.6) is 0 Å².